The SMILES string of the molecule is CC(N)CNc1nn(C)c2ccc(F)cc12. The zero-order chi connectivity index (χ0) is 11.7. The fourth-order valence-electron chi connectivity index (χ4n) is 1.63. The Kier molecular flexibility index (Phi) is 2.78. The van der Waals surface area contributed by atoms with E-state index in [2.05, 4.69) is 10.4 Å². The van der Waals surface area contributed by atoms with Gasteiger partial charge in [-0.2, -0.15) is 5.10 Å². The van der Waals surface area contributed by atoms with Gasteiger partial charge in [-0.1, -0.05) is 0 Å². The van der Waals surface area contributed by atoms with Gasteiger partial charge in [0.05, 0.1) is 5.52 Å². The fraction of sp³-hybridized carbons (Fsp3) is 0.364. The summed E-state index contributed by atoms with van der Waals surface area (Å²) in [6, 6.07) is 4.66. The van der Waals surface area contributed by atoms with E-state index >= 15 is 0 Å². The normalized spacial score (nSPS) is 13.0. The van der Waals surface area contributed by atoms with Crippen LogP contribution in [0.5, 0.6) is 0 Å². The Morgan fingerprint density at radius 1 is 1.56 bits per heavy atom. The molecule has 0 spiro atoms. The van der Waals surface area contributed by atoms with Crippen LogP contribution in [0.3, 0.4) is 0 Å². The molecule has 3 N–H and O–H groups in total. The molecule has 1 aromatic heterocycles. The van der Waals surface area contributed by atoms with E-state index in [-0.39, 0.29) is 11.9 Å². The smallest absolute Gasteiger partial charge is 0.156 e. The van der Waals surface area contributed by atoms with Crippen LogP contribution in [0, 0.1) is 5.82 Å². The van der Waals surface area contributed by atoms with E-state index in [0.717, 1.165) is 10.9 Å². The Bertz CT molecular complexity index is 504. The Hall–Kier alpha value is -1.62. The fourth-order valence-corrected chi connectivity index (χ4v) is 1.63. The zero-order valence-electron chi connectivity index (χ0n) is 9.37. The van der Waals surface area contributed by atoms with E-state index in [1.54, 1.807) is 10.7 Å². The number of hydrogen-bond acceptors (Lipinski definition) is 3. The average molecular weight is 222 g/mol. The van der Waals surface area contributed by atoms with Gasteiger partial charge in [0, 0.05) is 25.0 Å². The second-order valence-electron chi connectivity index (χ2n) is 3.99. The van der Waals surface area contributed by atoms with Crippen LogP contribution >= 0.6 is 0 Å². The minimum Gasteiger partial charge on any atom is -0.367 e. The monoisotopic (exact) mass is 222 g/mol. The Morgan fingerprint density at radius 2 is 2.31 bits per heavy atom. The molecule has 0 fully saturated rings. The molecule has 0 radical (unpaired) electrons. The van der Waals surface area contributed by atoms with Gasteiger partial charge in [0.2, 0.25) is 0 Å². The number of anilines is 1. The third-order valence-corrected chi connectivity index (χ3v) is 2.40. The summed E-state index contributed by atoms with van der Waals surface area (Å²) in [6.45, 7) is 2.52. The number of nitrogens with one attached hydrogen (secondary N) is 1. The zero-order valence-corrected chi connectivity index (χ0v) is 9.37. The van der Waals surface area contributed by atoms with Gasteiger partial charge in [-0.3, -0.25) is 4.68 Å². The van der Waals surface area contributed by atoms with Crippen LogP contribution in [0.4, 0.5) is 10.2 Å². The van der Waals surface area contributed by atoms with Crippen molar-refractivity contribution in [2.24, 2.45) is 12.8 Å². The number of rotatable bonds is 3. The number of hydrogen-bond donors (Lipinski definition) is 2. The lowest BCUT2D eigenvalue weighted by molar-refractivity contribution is 0.629. The highest BCUT2D eigenvalue weighted by molar-refractivity contribution is 5.90. The van der Waals surface area contributed by atoms with E-state index in [0.29, 0.717) is 12.4 Å². The van der Waals surface area contributed by atoms with Crippen LogP contribution in [-0.2, 0) is 7.05 Å². The molecule has 1 atom stereocenters. The third-order valence-electron chi connectivity index (χ3n) is 2.40. The standard InChI is InChI=1S/C11H15FN4/c1-7(13)6-14-11-9-5-8(12)3-4-10(9)16(2)15-11/h3-5,7H,6,13H2,1-2H3,(H,14,15). The lowest BCUT2D eigenvalue weighted by atomic mass is 10.2. The molecule has 1 heterocycles. The summed E-state index contributed by atoms with van der Waals surface area (Å²) in [6.07, 6.45) is 0. The number of fused-ring (bicyclic) bond motifs is 1. The molecule has 0 aliphatic rings. The van der Waals surface area contributed by atoms with Gasteiger partial charge in [0.1, 0.15) is 5.82 Å². The van der Waals surface area contributed by atoms with Crippen molar-refractivity contribution in [2.45, 2.75) is 13.0 Å². The van der Waals surface area contributed by atoms with Gasteiger partial charge in [0.15, 0.2) is 5.82 Å². The van der Waals surface area contributed by atoms with Crippen LogP contribution in [0.15, 0.2) is 18.2 Å². The molecule has 0 saturated heterocycles. The number of aryl methyl sites for hydroxylation is 1. The maximum absolute atomic E-state index is 13.1. The summed E-state index contributed by atoms with van der Waals surface area (Å²) in [5.74, 6) is 0.415. The van der Waals surface area contributed by atoms with Crippen molar-refractivity contribution < 1.29 is 4.39 Å². The third kappa shape index (κ3) is 1.99. The molecule has 1 aromatic carbocycles. The molecule has 0 aliphatic carbocycles. The quantitative estimate of drug-likeness (QED) is 0.826. The van der Waals surface area contributed by atoms with Crippen molar-refractivity contribution in [3.63, 3.8) is 0 Å². The van der Waals surface area contributed by atoms with Crippen LogP contribution < -0.4 is 11.1 Å². The topological polar surface area (TPSA) is 55.9 Å². The Labute approximate surface area is 93.2 Å². The number of aromatic nitrogens is 2. The van der Waals surface area contributed by atoms with E-state index in [1.165, 1.54) is 12.1 Å². The second-order valence-corrected chi connectivity index (χ2v) is 3.99. The molecule has 0 aliphatic heterocycles. The van der Waals surface area contributed by atoms with Crippen LogP contribution in [0.2, 0.25) is 0 Å². The molecular weight excluding hydrogens is 207 g/mol. The molecule has 0 amide bonds. The summed E-state index contributed by atoms with van der Waals surface area (Å²) >= 11 is 0. The number of benzene rings is 1. The van der Waals surface area contributed by atoms with Gasteiger partial charge in [-0.15, -0.1) is 0 Å². The van der Waals surface area contributed by atoms with Crippen LogP contribution in [-0.4, -0.2) is 22.4 Å². The first kappa shape index (κ1) is 10.9. The summed E-state index contributed by atoms with van der Waals surface area (Å²) in [5.41, 5.74) is 6.55. The molecule has 0 bridgehead atoms. The van der Waals surface area contributed by atoms with Crippen molar-refractivity contribution >= 4 is 16.7 Å². The number of nitrogens with two attached hydrogens (primary N) is 1. The largest absolute Gasteiger partial charge is 0.367 e. The molecule has 2 rings (SSSR count). The molecule has 5 heteroatoms. The van der Waals surface area contributed by atoms with Gasteiger partial charge >= 0.3 is 0 Å². The van der Waals surface area contributed by atoms with Gasteiger partial charge in [-0.25, -0.2) is 4.39 Å². The van der Waals surface area contributed by atoms with Crippen molar-refractivity contribution in [1.29, 1.82) is 0 Å². The lowest BCUT2D eigenvalue weighted by Crippen LogP contribution is -2.25. The summed E-state index contributed by atoms with van der Waals surface area (Å²) < 4.78 is 14.9. The van der Waals surface area contributed by atoms with Gasteiger partial charge in [-0.05, 0) is 25.1 Å². The van der Waals surface area contributed by atoms with Gasteiger partial charge < -0.3 is 11.1 Å². The molecular formula is C11H15FN4. The minimum atomic E-state index is -0.260. The van der Waals surface area contributed by atoms with Crippen molar-refractivity contribution in [3.05, 3.63) is 24.0 Å². The van der Waals surface area contributed by atoms with E-state index in [4.69, 9.17) is 5.73 Å². The van der Waals surface area contributed by atoms with Crippen molar-refractivity contribution in [1.82, 2.24) is 9.78 Å². The van der Waals surface area contributed by atoms with E-state index in [9.17, 15) is 4.39 Å². The Balaban J connectivity index is 2.41. The first-order chi connectivity index (χ1) is 7.58. The van der Waals surface area contributed by atoms with E-state index in [1.807, 2.05) is 14.0 Å². The highest BCUT2D eigenvalue weighted by Crippen LogP contribution is 2.22. The maximum Gasteiger partial charge on any atom is 0.156 e. The minimum absolute atomic E-state index is 0.0330. The van der Waals surface area contributed by atoms with Gasteiger partial charge in [0.25, 0.3) is 0 Å². The first-order valence-corrected chi connectivity index (χ1v) is 5.19. The predicted octanol–water partition coefficient (Wildman–Crippen LogP) is 1.47. The molecule has 86 valence electrons. The predicted molar refractivity (Wildman–Crippen MR) is 62.8 cm³/mol. The van der Waals surface area contributed by atoms with Crippen molar-refractivity contribution in [2.75, 3.05) is 11.9 Å². The summed E-state index contributed by atoms with van der Waals surface area (Å²) in [5, 5.41) is 8.18. The molecule has 0 saturated carbocycles. The lowest BCUT2D eigenvalue weighted by Gasteiger charge is -2.06. The molecule has 4 nitrogen and oxygen atoms in total. The van der Waals surface area contributed by atoms with E-state index < -0.39 is 0 Å². The summed E-state index contributed by atoms with van der Waals surface area (Å²) in [7, 11) is 1.83. The second kappa shape index (κ2) is 4.09. The number of halogens is 1. The summed E-state index contributed by atoms with van der Waals surface area (Å²) in [4.78, 5) is 0. The molecule has 16 heavy (non-hydrogen) atoms. The van der Waals surface area contributed by atoms with Crippen molar-refractivity contribution in [3.8, 4) is 0 Å². The van der Waals surface area contributed by atoms with Crippen LogP contribution in [0.1, 0.15) is 6.92 Å². The molecule has 1 unspecified atom stereocenters. The first-order valence-electron chi connectivity index (χ1n) is 5.19. The Morgan fingerprint density at radius 3 is 3.00 bits per heavy atom. The highest BCUT2D eigenvalue weighted by Gasteiger charge is 2.09. The maximum atomic E-state index is 13.1. The highest BCUT2D eigenvalue weighted by atomic mass is 19.1. The molecule has 2 aromatic rings. The van der Waals surface area contributed by atoms with Crippen LogP contribution in [0.25, 0.3) is 10.9 Å². The number of nitrogens with zero attached hydrogens (tertiary/aromatic N) is 2. The average Bonchev–Trinajstić information content (AvgIpc) is 2.52.